The maximum Gasteiger partial charge on any atom is 0.241 e. The van der Waals surface area contributed by atoms with Gasteiger partial charge in [0.05, 0.1) is 6.04 Å². The molecule has 0 fully saturated rings. The lowest BCUT2D eigenvalue weighted by Gasteiger charge is -2.25. The second kappa shape index (κ2) is 6.21. The molecule has 0 aliphatic carbocycles. The number of nitriles is 1. The Morgan fingerprint density at radius 1 is 1.42 bits per heavy atom. The first-order valence-electron chi connectivity index (χ1n) is 6.01. The van der Waals surface area contributed by atoms with Crippen LogP contribution in [0.4, 0.5) is 5.69 Å². The molecule has 5 nitrogen and oxygen atoms in total. The molecule has 5 heteroatoms. The largest absolute Gasteiger partial charge is 0.479 e. The Labute approximate surface area is 113 Å². The van der Waals surface area contributed by atoms with Crippen molar-refractivity contribution in [3.8, 4) is 11.8 Å². The molecule has 3 N–H and O–H groups in total. The number of carbonyl (C=O) groups excluding carboxylic acids is 1. The van der Waals surface area contributed by atoms with Gasteiger partial charge in [0, 0.05) is 5.69 Å². The molecule has 0 saturated carbocycles. The molecule has 1 atom stereocenters. The Bertz CT molecular complexity index is 469. The number of nitrogens with one attached hydrogen (secondary N) is 1. The van der Waals surface area contributed by atoms with E-state index < -0.39 is 6.04 Å². The molecule has 1 amide bonds. The summed E-state index contributed by atoms with van der Waals surface area (Å²) < 4.78 is 5.12. The summed E-state index contributed by atoms with van der Waals surface area (Å²) in [6, 6.07) is 8.10. The fraction of sp³-hybridized carbons (Fsp3) is 0.429. The maximum absolute atomic E-state index is 11.9. The predicted octanol–water partition coefficient (Wildman–Crippen LogP) is 1.90. The van der Waals surface area contributed by atoms with Gasteiger partial charge in [0.15, 0.2) is 6.61 Å². The molecule has 0 aliphatic rings. The molecule has 0 spiro atoms. The van der Waals surface area contributed by atoms with E-state index in [9.17, 15) is 4.79 Å². The monoisotopic (exact) mass is 261 g/mol. The van der Waals surface area contributed by atoms with Crippen LogP contribution in [0.25, 0.3) is 0 Å². The molecule has 0 unspecified atom stereocenters. The molecule has 19 heavy (non-hydrogen) atoms. The van der Waals surface area contributed by atoms with Gasteiger partial charge in [0.25, 0.3) is 0 Å². The van der Waals surface area contributed by atoms with E-state index in [4.69, 9.17) is 15.7 Å². The minimum Gasteiger partial charge on any atom is -0.479 e. The van der Waals surface area contributed by atoms with Crippen molar-refractivity contribution in [2.75, 3.05) is 11.9 Å². The number of benzene rings is 1. The zero-order valence-electron chi connectivity index (χ0n) is 11.4. The van der Waals surface area contributed by atoms with E-state index in [1.54, 1.807) is 24.3 Å². The number of anilines is 1. The van der Waals surface area contributed by atoms with E-state index in [-0.39, 0.29) is 17.9 Å². The molecule has 102 valence electrons. The smallest absolute Gasteiger partial charge is 0.241 e. The van der Waals surface area contributed by atoms with Gasteiger partial charge in [-0.25, -0.2) is 0 Å². The fourth-order valence-electron chi connectivity index (χ4n) is 1.36. The zero-order chi connectivity index (χ0) is 14.5. The summed E-state index contributed by atoms with van der Waals surface area (Å²) in [6.07, 6.45) is 0. The Morgan fingerprint density at radius 3 is 2.47 bits per heavy atom. The third-order valence-electron chi connectivity index (χ3n) is 2.64. The number of hydrogen-bond acceptors (Lipinski definition) is 4. The van der Waals surface area contributed by atoms with Gasteiger partial charge < -0.3 is 15.8 Å². The van der Waals surface area contributed by atoms with Crippen molar-refractivity contribution in [2.45, 2.75) is 26.8 Å². The van der Waals surface area contributed by atoms with Crippen molar-refractivity contribution >= 4 is 11.6 Å². The first-order chi connectivity index (χ1) is 8.84. The molecule has 0 heterocycles. The van der Waals surface area contributed by atoms with Crippen LogP contribution in [0, 0.1) is 16.7 Å². The number of nitrogens with two attached hydrogens (primary N) is 1. The molecule has 0 radical (unpaired) electrons. The number of nitrogens with zero attached hydrogens (tertiary/aromatic N) is 1. The van der Waals surface area contributed by atoms with Crippen LogP contribution in [-0.2, 0) is 4.79 Å². The maximum atomic E-state index is 11.9. The van der Waals surface area contributed by atoms with E-state index in [1.807, 2.05) is 26.8 Å². The minimum atomic E-state index is -0.581. The molecule has 0 aromatic heterocycles. The summed E-state index contributed by atoms with van der Waals surface area (Å²) in [4.78, 5) is 11.9. The number of ether oxygens (including phenoxy) is 1. The van der Waals surface area contributed by atoms with Gasteiger partial charge in [-0.1, -0.05) is 20.8 Å². The van der Waals surface area contributed by atoms with Gasteiger partial charge in [-0.15, -0.1) is 0 Å². The van der Waals surface area contributed by atoms with Gasteiger partial charge in [-0.05, 0) is 29.7 Å². The fourth-order valence-corrected chi connectivity index (χ4v) is 1.36. The number of hydrogen-bond donors (Lipinski definition) is 2. The average Bonchev–Trinajstić information content (AvgIpc) is 2.36. The highest BCUT2D eigenvalue weighted by atomic mass is 16.5. The van der Waals surface area contributed by atoms with E-state index in [0.29, 0.717) is 11.4 Å². The van der Waals surface area contributed by atoms with Crippen LogP contribution in [0.3, 0.4) is 0 Å². The first-order valence-corrected chi connectivity index (χ1v) is 6.01. The molecular weight excluding hydrogens is 242 g/mol. The van der Waals surface area contributed by atoms with Crippen LogP contribution in [0.2, 0.25) is 0 Å². The van der Waals surface area contributed by atoms with E-state index >= 15 is 0 Å². The van der Waals surface area contributed by atoms with Crippen molar-refractivity contribution in [1.29, 1.82) is 5.26 Å². The van der Waals surface area contributed by atoms with Crippen LogP contribution in [0.15, 0.2) is 24.3 Å². The summed E-state index contributed by atoms with van der Waals surface area (Å²) in [5, 5.41) is 11.1. The van der Waals surface area contributed by atoms with Crippen molar-refractivity contribution in [3.05, 3.63) is 24.3 Å². The predicted molar refractivity (Wildman–Crippen MR) is 73.6 cm³/mol. The third kappa shape index (κ3) is 4.60. The quantitative estimate of drug-likeness (QED) is 0.866. The van der Waals surface area contributed by atoms with Crippen LogP contribution in [0.5, 0.6) is 5.75 Å². The molecule has 1 rings (SSSR count). The van der Waals surface area contributed by atoms with Gasteiger partial charge in [0.1, 0.15) is 11.8 Å². The average molecular weight is 261 g/mol. The Morgan fingerprint density at radius 2 is 2.00 bits per heavy atom. The molecule has 0 saturated heterocycles. The summed E-state index contributed by atoms with van der Waals surface area (Å²) >= 11 is 0. The highest BCUT2D eigenvalue weighted by Gasteiger charge is 2.27. The Balaban J connectivity index is 2.63. The van der Waals surface area contributed by atoms with E-state index in [1.165, 1.54) is 0 Å². The lowest BCUT2D eigenvalue weighted by molar-refractivity contribution is -0.119. The molecular formula is C14H19N3O2. The molecule has 0 bridgehead atoms. The highest BCUT2D eigenvalue weighted by molar-refractivity contribution is 5.95. The lowest BCUT2D eigenvalue weighted by atomic mass is 9.87. The normalized spacial score (nSPS) is 12.4. The Hall–Kier alpha value is -2.06. The molecule has 0 aliphatic heterocycles. The number of rotatable bonds is 4. The van der Waals surface area contributed by atoms with Crippen LogP contribution in [0.1, 0.15) is 20.8 Å². The molecule has 1 aromatic carbocycles. The SMILES string of the molecule is CC(C)(C)[C@H](N)C(=O)Nc1ccc(OCC#N)cc1. The minimum absolute atomic E-state index is 0.000599. The number of carbonyl (C=O) groups is 1. The number of amides is 1. The van der Waals surface area contributed by atoms with Crippen LogP contribution < -0.4 is 15.8 Å². The first kappa shape index (κ1) is 15.0. The van der Waals surface area contributed by atoms with E-state index in [2.05, 4.69) is 5.32 Å². The van der Waals surface area contributed by atoms with Crippen molar-refractivity contribution in [3.63, 3.8) is 0 Å². The van der Waals surface area contributed by atoms with Gasteiger partial charge >= 0.3 is 0 Å². The third-order valence-corrected chi connectivity index (χ3v) is 2.64. The summed E-state index contributed by atoms with van der Waals surface area (Å²) in [7, 11) is 0. The van der Waals surface area contributed by atoms with Gasteiger partial charge in [-0.2, -0.15) is 5.26 Å². The van der Waals surface area contributed by atoms with E-state index in [0.717, 1.165) is 0 Å². The Kier molecular flexibility index (Phi) is 4.90. The highest BCUT2D eigenvalue weighted by Crippen LogP contribution is 2.20. The topological polar surface area (TPSA) is 88.1 Å². The molecule has 1 aromatic rings. The van der Waals surface area contributed by atoms with Crippen molar-refractivity contribution < 1.29 is 9.53 Å². The summed E-state index contributed by atoms with van der Waals surface area (Å²) in [5.74, 6) is 0.359. The summed E-state index contributed by atoms with van der Waals surface area (Å²) in [6.45, 7) is 5.74. The lowest BCUT2D eigenvalue weighted by Crippen LogP contribution is -2.45. The standard InChI is InChI=1S/C14H19N3O2/c1-14(2,3)12(16)13(18)17-10-4-6-11(7-5-10)19-9-8-15/h4-7,12H,9,16H2,1-3H3,(H,17,18)/t12-/m1/s1. The van der Waals surface area contributed by atoms with Crippen LogP contribution in [-0.4, -0.2) is 18.6 Å². The summed E-state index contributed by atoms with van der Waals surface area (Å²) in [5.41, 5.74) is 6.22. The second-order valence-electron chi connectivity index (χ2n) is 5.30. The zero-order valence-corrected chi connectivity index (χ0v) is 11.4. The van der Waals surface area contributed by atoms with Gasteiger partial charge in [0.2, 0.25) is 5.91 Å². The van der Waals surface area contributed by atoms with Crippen molar-refractivity contribution in [1.82, 2.24) is 0 Å². The van der Waals surface area contributed by atoms with Crippen molar-refractivity contribution in [2.24, 2.45) is 11.1 Å². The van der Waals surface area contributed by atoms with Gasteiger partial charge in [-0.3, -0.25) is 4.79 Å². The van der Waals surface area contributed by atoms with Crippen LogP contribution >= 0.6 is 0 Å². The second-order valence-corrected chi connectivity index (χ2v) is 5.30.